The average molecular weight is 595 g/mol. The zero-order chi connectivity index (χ0) is 30.3. The molecule has 9 nitrogen and oxygen atoms in total. The molecular formula is C33H27ClN4O5. The minimum atomic E-state index is -0.743. The minimum Gasteiger partial charge on any atom is -0.462 e. The van der Waals surface area contributed by atoms with Gasteiger partial charge in [-0.1, -0.05) is 48.9 Å². The van der Waals surface area contributed by atoms with Gasteiger partial charge in [-0.3, -0.25) is 14.4 Å². The number of benzene rings is 4. The van der Waals surface area contributed by atoms with E-state index in [1.54, 1.807) is 42.5 Å². The minimum absolute atomic E-state index is 0.148. The maximum absolute atomic E-state index is 13.3. The average Bonchev–Trinajstić information content (AvgIpc) is 3.24. The van der Waals surface area contributed by atoms with Gasteiger partial charge in [0, 0.05) is 28.3 Å². The second-order valence-corrected chi connectivity index (χ2v) is 9.93. The molecule has 1 aliphatic rings. The second kappa shape index (κ2) is 13.1. The Balaban J connectivity index is 1.26. The molecule has 3 amide bonds. The van der Waals surface area contributed by atoms with Gasteiger partial charge in [0.25, 0.3) is 17.7 Å². The first-order valence-electron chi connectivity index (χ1n) is 13.5. The molecule has 0 radical (unpaired) electrons. The number of nitrogens with one attached hydrogen (secondary N) is 3. The highest BCUT2D eigenvalue weighted by atomic mass is 35.5. The van der Waals surface area contributed by atoms with Crippen LogP contribution in [0.15, 0.2) is 114 Å². The maximum Gasteiger partial charge on any atom is 0.338 e. The second-order valence-electron chi connectivity index (χ2n) is 9.55. The van der Waals surface area contributed by atoms with Crippen LogP contribution in [0.3, 0.4) is 0 Å². The molecule has 10 heteroatoms. The standard InChI is InChI=1S/C33H27ClN4O5/c1-2-18-43-33(42)22-9-7-13-27(20-22)38-31(40)28(34)29(32(38)41)36-26-12-6-8-21(19-26)30(39)37-25-16-14-24(15-17-25)35-23-10-4-3-5-11-23/h3-17,19-20,35-36H,2,18H2,1H3,(H,37,39). The smallest absolute Gasteiger partial charge is 0.338 e. The van der Waals surface area contributed by atoms with Crippen LogP contribution in [0.4, 0.5) is 28.4 Å². The summed E-state index contributed by atoms with van der Waals surface area (Å²) in [6.45, 7) is 2.13. The van der Waals surface area contributed by atoms with Gasteiger partial charge in [0.15, 0.2) is 0 Å². The maximum atomic E-state index is 13.3. The Morgan fingerprint density at radius 3 is 2.12 bits per heavy atom. The fourth-order valence-corrected chi connectivity index (χ4v) is 4.52. The Bertz CT molecular complexity index is 1720. The molecule has 0 spiro atoms. The summed E-state index contributed by atoms with van der Waals surface area (Å²) in [7, 11) is 0. The van der Waals surface area contributed by atoms with Crippen LogP contribution in [0, 0.1) is 0 Å². The van der Waals surface area contributed by atoms with E-state index in [1.165, 1.54) is 18.2 Å². The summed E-state index contributed by atoms with van der Waals surface area (Å²) in [5.41, 5.74) is 3.34. The van der Waals surface area contributed by atoms with Gasteiger partial charge < -0.3 is 20.7 Å². The molecule has 0 saturated carbocycles. The quantitative estimate of drug-likeness (QED) is 0.138. The molecule has 0 aliphatic carbocycles. The lowest BCUT2D eigenvalue weighted by Crippen LogP contribution is -2.32. The van der Waals surface area contributed by atoms with Crippen molar-refractivity contribution >= 4 is 63.7 Å². The Morgan fingerprint density at radius 2 is 1.37 bits per heavy atom. The summed E-state index contributed by atoms with van der Waals surface area (Å²) in [6.07, 6.45) is 0.659. The fourth-order valence-electron chi connectivity index (χ4n) is 4.31. The van der Waals surface area contributed by atoms with E-state index in [0.717, 1.165) is 16.3 Å². The van der Waals surface area contributed by atoms with Crippen molar-refractivity contribution in [3.63, 3.8) is 0 Å². The predicted molar refractivity (Wildman–Crippen MR) is 167 cm³/mol. The third-order valence-electron chi connectivity index (χ3n) is 6.40. The number of imide groups is 1. The van der Waals surface area contributed by atoms with Crippen molar-refractivity contribution in [2.24, 2.45) is 0 Å². The first kappa shape index (κ1) is 29.1. The molecule has 0 fully saturated rings. The molecule has 4 aromatic carbocycles. The molecular weight excluding hydrogens is 568 g/mol. The zero-order valence-electron chi connectivity index (χ0n) is 23.1. The molecule has 0 atom stereocenters. The predicted octanol–water partition coefficient (Wildman–Crippen LogP) is 6.69. The zero-order valence-corrected chi connectivity index (χ0v) is 23.9. The van der Waals surface area contributed by atoms with Crippen LogP contribution in [0.25, 0.3) is 0 Å². The number of nitrogens with zero attached hydrogens (tertiary/aromatic N) is 1. The molecule has 1 aliphatic heterocycles. The molecule has 0 aromatic heterocycles. The topological polar surface area (TPSA) is 117 Å². The lowest BCUT2D eigenvalue weighted by Gasteiger charge is -2.16. The van der Waals surface area contributed by atoms with E-state index in [1.807, 2.05) is 49.4 Å². The molecule has 1 heterocycles. The van der Waals surface area contributed by atoms with Crippen LogP contribution >= 0.6 is 11.6 Å². The van der Waals surface area contributed by atoms with Crippen molar-refractivity contribution in [2.45, 2.75) is 13.3 Å². The fraction of sp³-hybridized carbons (Fsp3) is 0.0909. The Morgan fingerprint density at radius 1 is 0.721 bits per heavy atom. The van der Waals surface area contributed by atoms with Crippen LogP contribution in [0.5, 0.6) is 0 Å². The van der Waals surface area contributed by atoms with Gasteiger partial charge in [-0.2, -0.15) is 0 Å². The highest BCUT2D eigenvalue weighted by Crippen LogP contribution is 2.31. The summed E-state index contributed by atoms with van der Waals surface area (Å²) >= 11 is 6.29. The molecule has 3 N–H and O–H groups in total. The van der Waals surface area contributed by atoms with E-state index in [2.05, 4.69) is 16.0 Å². The van der Waals surface area contributed by atoms with Gasteiger partial charge >= 0.3 is 5.97 Å². The number of esters is 1. The SMILES string of the molecule is CCCOC(=O)c1cccc(N2C(=O)C(Cl)=C(Nc3cccc(C(=O)Nc4ccc(Nc5ccccc5)cc4)c3)C2=O)c1. The van der Waals surface area contributed by atoms with E-state index < -0.39 is 17.8 Å². The van der Waals surface area contributed by atoms with Crippen LogP contribution in [-0.2, 0) is 14.3 Å². The summed E-state index contributed by atoms with van der Waals surface area (Å²) in [4.78, 5) is 52.4. The summed E-state index contributed by atoms with van der Waals surface area (Å²) < 4.78 is 5.15. The first-order valence-corrected chi connectivity index (χ1v) is 13.9. The molecule has 0 saturated heterocycles. The molecule has 5 rings (SSSR count). The molecule has 4 aromatic rings. The number of hydrogen-bond acceptors (Lipinski definition) is 7. The van der Waals surface area contributed by atoms with Gasteiger partial charge in [-0.15, -0.1) is 0 Å². The van der Waals surface area contributed by atoms with Crippen molar-refractivity contribution in [2.75, 3.05) is 27.5 Å². The van der Waals surface area contributed by atoms with Gasteiger partial charge in [-0.25, -0.2) is 9.69 Å². The van der Waals surface area contributed by atoms with Crippen LogP contribution in [0.2, 0.25) is 0 Å². The lowest BCUT2D eigenvalue weighted by molar-refractivity contribution is -0.120. The van der Waals surface area contributed by atoms with Crippen molar-refractivity contribution in [1.82, 2.24) is 0 Å². The first-order chi connectivity index (χ1) is 20.8. The van der Waals surface area contributed by atoms with Crippen molar-refractivity contribution < 1.29 is 23.9 Å². The number of amides is 3. The van der Waals surface area contributed by atoms with Crippen molar-refractivity contribution in [3.8, 4) is 0 Å². The molecule has 216 valence electrons. The monoisotopic (exact) mass is 594 g/mol. The van der Waals surface area contributed by atoms with E-state index in [4.69, 9.17) is 16.3 Å². The number of carbonyl (C=O) groups is 4. The van der Waals surface area contributed by atoms with E-state index in [9.17, 15) is 19.2 Å². The van der Waals surface area contributed by atoms with Crippen LogP contribution in [0.1, 0.15) is 34.1 Å². The highest BCUT2D eigenvalue weighted by molar-refractivity contribution is 6.53. The lowest BCUT2D eigenvalue weighted by atomic mass is 10.1. The van der Waals surface area contributed by atoms with Gasteiger partial charge in [0.2, 0.25) is 0 Å². The van der Waals surface area contributed by atoms with E-state index in [0.29, 0.717) is 23.4 Å². The van der Waals surface area contributed by atoms with E-state index >= 15 is 0 Å². The third kappa shape index (κ3) is 6.74. The number of rotatable bonds is 10. The van der Waals surface area contributed by atoms with Crippen molar-refractivity contribution in [1.29, 1.82) is 0 Å². The van der Waals surface area contributed by atoms with Crippen LogP contribution in [-0.4, -0.2) is 30.3 Å². The van der Waals surface area contributed by atoms with Gasteiger partial charge in [-0.05, 0) is 79.2 Å². The number of carbonyl (C=O) groups excluding carboxylic acids is 4. The largest absolute Gasteiger partial charge is 0.462 e. The number of anilines is 5. The van der Waals surface area contributed by atoms with Crippen LogP contribution < -0.4 is 20.9 Å². The summed E-state index contributed by atoms with van der Waals surface area (Å²) in [5.74, 6) is -2.37. The third-order valence-corrected chi connectivity index (χ3v) is 6.75. The Kier molecular flexibility index (Phi) is 8.83. The van der Waals surface area contributed by atoms with Gasteiger partial charge in [0.05, 0.1) is 17.9 Å². The number of hydrogen-bond donors (Lipinski definition) is 3. The normalized spacial score (nSPS) is 12.7. The molecule has 0 bridgehead atoms. The van der Waals surface area contributed by atoms with Crippen molar-refractivity contribution in [3.05, 3.63) is 125 Å². The van der Waals surface area contributed by atoms with E-state index in [-0.39, 0.29) is 34.5 Å². The highest BCUT2D eigenvalue weighted by Gasteiger charge is 2.39. The number of halogens is 1. The summed E-state index contributed by atoms with van der Waals surface area (Å²) in [6, 6.07) is 29.5. The summed E-state index contributed by atoms with van der Waals surface area (Å²) in [5, 5.41) is 8.70. The molecule has 43 heavy (non-hydrogen) atoms. The number of para-hydroxylation sites is 1. The Labute approximate surface area is 253 Å². The molecule has 0 unspecified atom stereocenters. The van der Waals surface area contributed by atoms with Gasteiger partial charge in [0.1, 0.15) is 10.7 Å². The Hall–Kier alpha value is -5.41. The number of ether oxygens (including phenoxy) is 1.